The molecule has 0 aliphatic rings. The summed E-state index contributed by atoms with van der Waals surface area (Å²) in [5.41, 5.74) is 1.68. The molecule has 1 rings (SSSR count). The monoisotopic (exact) mass is 364 g/mol. The quantitative estimate of drug-likeness (QED) is 0.261. The highest BCUT2D eigenvalue weighted by Gasteiger charge is 2.10. The van der Waals surface area contributed by atoms with Gasteiger partial charge in [-0.25, -0.2) is 0 Å². The summed E-state index contributed by atoms with van der Waals surface area (Å²) < 4.78 is 11.8. The van der Waals surface area contributed by atoms with Crippen molar-refractivity contribution in [3.05, 3.63) is 48.6 Å². The van der Waals surface area contributed by atoms with Gasteiger partial charge in [-0.2, -0.15) is 0 Å². The minimum absolute atomic E-state index is 0.434. The van der Waals surface area contributed by atoms with Crippen molar-refractivity contribution >= 4 is 0 Å². The Hall–Kier alpha value is -2.58. The molecule has 0 atom stereocenters. The molecule has 0 amide bonds. The first-order valence-electron chi connectivity index (χ1n) is 9.89. The van der Waals surface area contributed by atoms with E-state index in [9.17, 15) is 0 Å². The van der Waals surface area contributed by atoms with Crippen molar-refractivity contribution in [1.29, 1.82) is 0 Å². The molecule has 0 heterocycles. The van der Waals surface area contributed by atoms with Gasteiger partial charge in [-0.3, -0.25) is 0 Å². The Morgan fingerprint density at radius 3 is 1.89 bits per heavy atom. The van der Waals surface area contributed by atoms with Crippen LogP contribution in [0.4, 0.5) is 0 Å². The average Bonchev–Trinajstić information content (AvgIpc) is 2.68. The molecule has 0 aromatic heterocycles. The fourth-order valence-corrected chi connectivity index (χ4v) is 2.24. The summed E-state index contributed by atoms with van der Waals surface area (Å²) >= 11 is 0. The number of hydrogen-bond acceptors (Lipinski definition) is 2. The number of hydrogen-bond donors (Lipinski definition) is 0. The zero-order valence-corrected chi connectivity index (χ0v) is 16.9. The Kier molecular flexibility index (Phi) is 12.1. The second-order valence-corrected chi connectivity index (χ2v) is 6.18. The van der Waals surface area contributed by atoms with E-state index in [1.807, 2.05) is 18.2 Å². The lowest BCUT2D eigenvalue weighted by atomic mass is 10.1. The summed E-state index contributed by atoms with van der Waals surface area (Å²) in [5, 5.41) is 0. The Bertz CT molecular complexity index is 708. The summed E-state index contributed by atoms with van der Waals surface area (Å²) in [7, 11) is 0. The molecule has 0 N–H and O–H groups in total. The van der Waals surface area contributed by atoms with E-state index in [1.54, 1.807) is 6.08 Å². The third kappa shape index (κ3) is 9.07. The third-order valence-corrected chi connectivity index (χ3v) is 3.77. The van der Waals surface area contributed by atoms with Gasteiger partial charge in [0, 0.05) is 25.0 Å². The van der Waals surface area contributed by atoms with Crippen molar-refractivity contribution < 1.29 is 9.47 Å². The molecule has 27 heavy (non-hydrogen) atoms. The highest BCUT2D eigenvalue weighted by molar-refractivity contribution is 5.58. The molecule has 2 heteroatoms. The van der Waals surface area contributed by atoms with Crippen LogP contribution in [0.25, 0.3) is 0 Å². The van der Waals surface area contributed by atoms with E-state index in [0.717, 1.165) is 67.6 Å². The van der Waals surface area contributed by atoms with Crippen molar-refractivity contribution in [1.82, 2.24) is 0 Å². The van der Waals surface area contributed by atoms with E-state index in [-0.39, 0.29) is 0 Å². The van der Waals surface area contributed by atoms with Crippen LogP contribution in [0, 0.1) is 23.7 Å². The Labute approximate surface area is 165 Å². The first kappa shape index (κ1) is 22.5. The number of rotatable bonds is 11. The molecule has 0 spiro atoms. The third-order valence-electron chi connectivity index (χ3n) is 3.77. The molecule has 1 aromatic rings. The zero-order valence-electron chi connectivity index (χ0n) is 16.9. The summed E-state index contributed by atoms with van der Waals surface area (Å²) in [4.78, 5) is 0. The highest BCUT2D eigenvalue weighted by atomic mass is 16.5. The van der Waals surface area contributed by atoms with Gasteiger partial charge in [-0.1, -0.05) is 69.1 Å². The van der Waals surface area contributed by atoms with Crippen LogP contribution in [-0.2, 0) is 0 Å². The molecule has 144 valence electrons. The maximum Gasteiger partial charge on any atom is 0.136 e. The lowest BCUT2D eigenvalue weighted by molar-refractivity contribution is 0.321. The fourth-order valence-electron chi connectivity index (χ4n) is 2.24. The Morgan fingerprint density at radius 2 is 1.41 bits per heavy atom. The molecule has 0 unspecified atom stereocenters. The van der Waals surface area contributed by atoms with Gasteiger partial charge in [-0.05, 0) is 19.3 Å². The standard InChI is InChI=1S/C25H32O2/c1-5-9-12-14-16-22-21-25(27-19-11-7-3)23(17-15-13-10-6-2)20-24(22)26-18-8-4/h7-8,20-21H,3-6,9-13,18-19H2,1-2H3. The highest BCUT2D eigenvalue weighted by Crippen LogP contribution is 2.29. The summed E-state index contributed by atoms with van der Waals surface area (Å²) in [6, 6.07) is 3.89. The molecule has 0 aliphatic carbocycles. The molecule has 0 bridgehead atoms. The van der Waals surface area contributed by atoms with Crippen LogP contribution >= 0.6 is 0 Å². The van der Waals surface area contributed by atoms with Crippen molar-refractivity contribution in [2.75, 3.05) is 13.2 Å². The predicted octanol–water partition coefficient (Wildman–Crippen LogP) is 6.29. The lowest BCUT2D eigenvalue weighted by Crippen LogP contribution is -2.01. The molecule has 0 saturated heterocycles. The van der Waals surface area contributed by atoms with E-state index < -0.39 is 0 Å². The van der Waals surface area contributed by atoms with E-state index in [0.29, 0.717) is 13.2 Å². The molecule has 0 saturated carbocycles. The van der Waals surface area contributed by atoms with Crippen molar-refractivity contribution in [3.63, 3.8) is 0 Å². The predicted molar refractivity (Wildman–Crippen MR) is 115 cm³/mol. The SMILES string of the molecule is C=CCCOc1cc(C#CCCCC)c(OCC=C)cc1C#CCCCC. The minimum Gasteiger partial charge on any atom is -0.492 e. The van der Waals surface area contributed by atoms with Crippen LogP contribution < -0.4 is 9.47 Å². The molecule has 0 fully saturated rings. The van der Waals surface area contributed by atoms with Gasteiger partial charge < -0.3 is 9.47 Å². The average molecular weight is 365 g/mol. The lowest BCUT2D eigenvalue weighted by Gasteiger charge is -2.12. The van der Waals surface area contributed by atoms with Gasteiger partial charge in [0.25, 0.3) is 0 Å². The first-order valence-corrected chi connectivity index (χ1v) is 9.89. The van der Waals surface area contributed by atoms with Crippen molar-refractivity contribution in [2.45, 2.75) is 58.8 Å². The van der Waals surface area contributed by atoms with Gasteiger partial charge in [0.1, 0.15) is 18.1 Å². The van der Waals surface area contributed by atoms with Crippen LogP contribution in [0.5, 0.6) is 11.5 Å². The van der Waals surface area contributed by atoms with Crippen LogP contribution in [0.2, 0.25) is 0 Å². The van der Waals surface area contributed by atoms with Crippen LogP contribution in [-0.4, -0.2) is 13.2 Å². The van der Waals surface area contributed by atoms with Crippen molar-refractivity contribution in [3.8, 4) is 35.2 Å². The topological polar surface area (TPSA) is 18.5 Å². The smallest absolute Gasteiger partial charge is 0.136 e. The normalized spacial score (nSPS) is 9.41. The van der Waals surface area contributed by atoms with Crippen LogP contribution in [0.3, 0.4) is 0 Å². The van der Waals surface area contributed by atoms with E-state index in [2.05, 4.69) is 50.7 Å². The molecular weight excluding hydrogens is 332 g/mol. The summed E-state index contributed by atoms with van der Waals surface area (Å²) in [5.74, 6) is 14.4. The molecular formula is C25H32O2. The molecule has 0 radical (unpaired) electrons. The Morgan fingerprint density at radius 1 is 0.852 bits per heavy atom. The summed E-state index contributed by atoms with van der Waals surface area (Å²) in [6.07, 6.45) is 10.6. The van der Waals surface area contributed by atoms with Gasteiger partial charge in [-0.15, -0.1) is 6.58 Å². The second kappa shape index (κ2) is 14.6. The van der Waals surface area contributed by atoms with Gasteiger partial charge >= 0.3 is 0 Å². The van der Waals surface area contributed by atoms with E-state index in [1.165, 1.54) is 0 Å². The second-order valence-electron chi connectivity index (χ2n) is 6.18. The summed E-state index contributed by atoms with van der Waals surface area (Å²) in [6.45, 7) is 12.8. The minimum atomic E-state index is 0.434. The maximum atomic E-state index is 5.94. The fraction of sp³-hybridized carbons (Fsp3) is 0.440. The molecule has 2 nitrogen and oxygen atoms in total. The van der Waals surface area contributed by atoms with Gasteiger partial charge in [0.2, 0.25) is 0 Å². The molecule has 0 aliphatic heterocycles. The molecule has 1 aromatic carbocycles. The van der Waals surface area contributed by atoms with Gasteiger partial charge in [0.05, 0.1) is 17.7 Å². The van der Waals surface area contributed by atoms with E-state index in [4.69, 9.17) is 9.47 Å². The maximum absolute atomic E-state index is 5.94. The zero-order chi connectivity index (χ0) is 19.7. The number of unbranched alkanes of at least 4 members (excludes halogenated alkanes) is 4. The Balaban J connectivity index is 3.21. The van der Waals surface area contributed by atoms with Crippen molar-refractivity contribution in [2.24, 2.45) is 0 Å². The van der Waals surface area contributed by atoms with Crippen LogP contribution in [0.1, 0.15) is 69.9 Å². The number of benzene rings is 1. The van der Waals surface area contributed by atoms with E-state index >= 15 is 0 Å². The number of ether oxygens (including phenoxy) is 2. The largest absolute Gasteiger partial charge is 0.492 e. The van der Waals surface area contributed by atoms with Gasteiger partial charge in [0.15, 0.2) is 0 Å². The first-order chi connectivity index (χ1) is 13.3. The van der Waals surface area contributed by atoms with Crippen LogP contribution in [0.15, 0.2) is 37.4 Å².